The Morgan fingerprint density at radius 1 is 1.08 bits per heavy atom. The monoisotopic (exact) mass is 354 g/mol. The topological polar surface area (TPSA) is 69.5 Å². The summed E-state index contributed by atoms with van der Waals surface area (Å²) < 4.78 is 5.93. The van der Waals surface area contributed by atoms with Crippen molar-refractivity contribution in [3.05, 3.63) is 23.5 Å². The Hall–Kier alpha value is -2.13. The summed E-state index contributed by atoms with van der Waals surface area (Å²) in [6.45, 7) is 3.50. The van der Waals surface area contributed by atoms with Crippen molar-refractivity contribution in [2.45, 2.75) is 57.1 Å². The van der Waals surface area contributed by atoms with Gasteiger partial charge in [0.15, 0.2) is 11.4 Å². The zero-order valence-corrected chi connectivity index (χ0v) is 15.2. The number of hydrogen-bond acceptors (Lipinski definition) is 5. The Balaban J connectivity index is 1.44. The smallest absolute Gasteiger partial charge is 0.272 e. The molecular weight excluding hydrogens is 328 g/mol. The van der Waals surface area contributed by atoms with Gasteiger partial charge in [0.1, 0.15) is 11.8 Å². The number of nitriles is 1. The van der Waals surface area contributed by atoms with Crippen LogP contribution in [0.3, 0.4) is 0 Å². The lowest BCUT2D eigenvalue weighted by molar-refractivity contribution is 0.0755. The number of rotatable bonds is 4. The number of aromatic nitrogens is 1. The van der Waals surface area contributed by atoms with E-state index >= 15 is 0 Å². The largest absolute Gasteiger partial charge is 0.487 e. The molecule has 2 saturated carbocycles. The molecule has 1 aromatic heterocycles. The van der Waals surface area contributed by atoms with E-state index in [9.17, 15) is 10.1 Å². The molecule has 1 aromatic rings. The average Bonchev–Trinajstić information content (AvgIpc) is 3.43. The molecule has 0 spiro atoms. The molecule has 0 N–H and O–H groups in total. The molecule has 6 heteroatoms. The minimum Gasteiger partial charge on any atom is -0.487 e. The fourth-order valence-corrected chi connectivity index (χ4v) is 4.03. The summed E-state index contributed by atoms with van der Waals surface area (Å²) in [5.41, 5.74) is 0.567. The quantitative estimate of drug-likeness (QED) is 0.831. The summed E-state index contributed by atoms with van der Waals surface area (Å²) in [7, 11) is 0. The highest BCUT2D eigenvalue weighted by Gasteiger charge is 2.31. The third-order valence-electron chi connectivity index (χ3n) is 5.66. The molecule has 3 aliphatic rings. The van der Waals surface area contributed by atoms with Gasteiger partial charge in [-0.05, 0) is 57.1 Å². The van der Waals surface area contributed by atoms with Crippen molar-refractivity contribution in [3.8, 4) is 11.8 Å². The molecule has 0 bridgehead atoms. The second kappa shape index (κ2) is 7.63. The summed E-state index contributed by atoms with van der Waals surface area (Å²) in [6.07, 6.45) is 8.15. The van der Waals surface area contributed by atoms with Gasteiger partial charge in [-0.1, -0.05) is 0 Å². The van der Waals surface area contributed by atoms with Crippen LogP contribution in [-0.4, -0.2) is 59.0 Å². The standard InChI is InChI=1S/C20H26N4O2/c21-14-18-19(26-16-4-1-2-5-16)9-8-17(22-18)20(25)24-11-3-10-23(12-13-24)15-6-7-15/h8-9,15-16H,1-7,10-13H2. The molecule has 1 saturated heterocycles. The van der Waals surface area contributed by atoms with E-state index in [2.05, 4.69) is 16.0 Å². The molecule has 26 heavy (non-hydrogen) atoms. The van der Waals surface area contributed by atoms with Gasteiger partial charge >= 0.3 is 0 Å². The Morgan fingerprint density at radius 2 is 1.88 bits per heavy atom. The van der Waals surface area contributed by atoms with Gasteiger partial charge in [0, 0.05) is 32.2 Å². The Kier molecular flexibility index (Phi) is 5.07. The number of carbonyl (C=O) groups is 1. The number of carbonyl (C=O) groups excluding carboxylic acids is 1. The van der Waals surface area contributed by atoms with Crippen LogP contribution in [0.25, 0.3) is 0 Å². The summed E-state index contributed by atoms with van der Waals surface area (Å²) in [4.78, 5) is 21.6. The van der Waals surface area contributed by atoms with Crippen molar-refractivity contribution in [1.29, 1.82) is 5.26 Å². The van der Waals surface area contributed by atoms with Crippen molar-refractivity contribution in [2.75, 3.05) is 26.2 Å². The fraction of sp³-hybridized carbons (Fsp3) is 0.650. The Bertz CT molecular complexity index is 704. The first-order valence-corrected chi connectivity index (χ1v) is 9.86. The first-order valence-electron chi connectivity index (χ1n) is 9.86. The van der Waals surface area contributed by atoms with Crippen LogP contribution in [0.2, 0.25) is 0 Å². The van der Waals surface area contributed by atoms with Crippen molar-refractivity contribution in [2.24, 2.45) is 0 Å². The third kappa shape index (κ3) is 3.83. The van der Waals surface area contributed by atoms with E-state index in [0.29, 0.717) is 11.4 Å². The lowest BCUT2D eigenvalue weighted by Crippen LogP contribution is -2.36. The van der Waals surface area contributed by atoms with E-state index in [0.717, 1.165) is 51.5 Å². The predicted octanol–water partition coefficient (Wildman–Crippen LogP) is 2.58. The Labute approximate surface area is 154 Å². The van der Waals surface area contributed by atoms with E-state index < -0.39 is 0 Å². The number of hydrogen-bond donors (Lipinski definition) is 0. The molecule has 1 amide bonds. The maximum absolute atomic E-state index is 12.9. The number of pyridine rings is 1. The van der Waals surface area contributed by atoms with E-state index in [1.807, 2.05) is 4.90 Å². The molecule has 6 nitrogen and oxygen atoms in total. The van der Waals surface area contributed by atoms with Crippen LogP contribution in [0.4, 0.5) is 0 Å². The van der Waals surface area contributed by atoms with E-state index in [-0.39, 0.29) is 17.7 Å². The summed E-state index contributed by atoms with van der Waals surface area (Å²) in [5.74, 6) is 0.429. The predicted molar refractivity (Wildman–Crippen MR) is 97.0 cm³/mol. The molecule has 2 heterocycles. The Morgan fingerprint density at radius 3 is 2.62 bits per heavy atom. The molecule has 0 atom stereocenters. The van der Waals surface area contributed by atoms with Gasteiger partial charge in [-0.15, -0.1) is 0 Å². The van der Waals surface area contributed by atoms with Gasteiger partial charge in [-0.25, -0.2) is 4.98 Å². The van der Waals surface area contributed by atoms with Crippen molar-refractivity contribution in [3.63, 3.8) is 0 Å². The van der Waals surface area contributed by atoms with Crippen LogP contribution < -0.4 is 4.74 Å². The van der Waals surface area contributed by atoms with E-state index in [1.165, 1.54) is 25.7 Å². The second-order valence-corrected chi connectivity index (χ2v) is 7.59. The molecule has 3 fully saturated rings. The SMILES string of the molecule is N#Cc1nc(C(=O)N2CCCN(C3CC3)CC2)ccc1OC1CCCC1. The third-order valence-corrected chi connectivity index (χ3v) is 5.66. The van der Waals surface area contributed by atoms with Crippen molar-refractivity contribution < 1.29 is 9.53 Å². The second-order valence-electron chi connectivity index (χ2n) is 7.59. The summed E-state index contributed by atoms with van der Waals surface area (Å²) in [6, 6.07) is 6.28. The highest BCUT2D eigenvalue weighted by atomic mass is 16.5. The first-order chi connectivity index (χ1) is 12.7. The highest BCUT2D eigenvalue weighted by molar-refractivity contribution is 5.92. The maximum atomic E-state index is 12.9. The van der Waals surface area contributed by atoms with E-state index in [4.69, 9.17) is 4.74 Å². The van der Waals surface area contributed by atoms with Crippen LogP contribution in [0.1, 0.15) is 61.1 Å². The lowest BCUT2D eigenvalue weighted by Gasteiger charge is -2.22. The number of amides is 1. The van der Waals surface area contributed by atoms with Gasteiger partial charge in [0.25, 0.3) is 5.91 Å². The molecule has 2 aliphatic carbocycles. The molecule has 0 radical (unpaired) electrons. The molecular formula is C20H26N4O2. The molecule has 4 rings (SSSR count). The van der Waals surface area contributed by atoms with Crippen LogP contribution >= 0.6 is 0 Å². The summed E-state index contributed by atoms with van der Waals surface area (Å²) >= 11 is 0. The normalized spacial score (nSPS) is 22.0. The zero-order valence-electron chi connectivity index (χ0n) is 15.2. The van der Waals surface area contributed by atoms with Gasteiger partial charge in [0.2, 0.25) is 0 Å². The molecule has 138 valence electrons. The summed E-state index contributed by atoms with van der Waals surface area (Å²) in [5, 5.41) is 9.43. The zero-order chi connectivity index (χ0) is 17.9. The van der Waals surface area contributed by atoms with Crippen LogP contribution in [-0.2, 0) is 0 Å². The number of nitrogens with zero attached hydrogens (tertiary/aromatic N) is 4. The van der Waals surface area contributed by atoms with Crippen LogP contribution in [0.15, 0.2) is 12.1 Å². The van der Waals surface area contributed by atoms with Crippen LogP contribution in [0, 0.1) is 11.3 Å². The highest BCUT2D eigenvalue weighted by Crippen LogP contribution is 2.28. The van der Waals surface area contributed by atoms with Crippen molar-refractivity contribution >= 4 is 5.91 Å². The van der Waals surface area contributed by atoms with E-state index in [1.54, 1.807) is 12.1 Å². The average molecular weight is 354 g/mol. The van der Waals surface area contributed by atoms with Crippen molar-refractivity contribution in [1.82, 2.24) is 14.8 Å². The minimum absolute atomic E-state index is 0.0773. The lowest BCUT2D eigenvalue weighted by atomic mass is 10.2. The first kappa shape index (κ1) is 17.3. The maximum Gasteiger partial charge on any atom is 0.272 e. The molecule has 1 aliphatic heterocycles. The minimum atomic E-state index is -0.0773. The van der Waals surface area contributed by atoms with Gasteiger partial charge in [-0.3, -0.25) is 9.69 Å². The van der Waals surface area contributed by atoms with Gasteiger partial charge in [-0.2, -0.15) is 5.26 Å². The molecule has 0 aromatic carbocycles. The fourth-order valence-electron chi connectivity index (χ4n) is 4.03. The van der Waals surface area contributed by atoms with Gasteiger partial charge < -0.3 is 9.64 Å². The van der Waals surface area contributed by atoms with Gasteiger partial charge in [0.05, 0.1) is 6.10 Å². The number of ether oxygens (including phenoxy) is 1. The van der Waals surface area contributed by atoms with Crippen LogP contribution in [0.5, 0.6) is 5.75 Å². The molecule has 0 unspecified atom stereocenters.